The van der Waals surface area contributed by atoms with Gasteiger partial charge in [0.05, 0.1) is 11.2 Å². The number of carbonyl (C=O) groups excluding carboxylic acids is 1. The Balaban J connectivity index is 1.84. The molecule has 0 aliphatic rings. The molecule has 0 atom stereocenters. The first-order valence-corrected chi connectivity index (χ1v) is 9.59. The van der Waals surface area contributed by atoms with Crippen molar-refractivity contribution in [3.8, 4) is 11.3 Å². The van der Waals surface area contributed by atoms with Crippen molar-refractivity contribution in [2.75, 3.05) is 10.7 Å². The van der Waals surface area contributed by atoms with Crippen LogP contribution in [0, 0.1) is 6.92 Å². The summed E-state index contributed by atoms with van der Waals surface area (Å²) >= 11 is 13.3. The Morgan fingerprint density at radius 1 is 1.19 bits per heavy atom. The minimum Gasteiger partial charge on any atom is -0.316 e. The second-order valence-electron chi connectivity index (χ2n) is 5.78. The third-order valence-corrected chi connectivity index (χ3v) is 5.01. The molecule has 0 saturated carbocycles. The largest absolute Gasteiger partial charge is 0.316 e. The average Bonchev–Trinajstić information content (AvgIpc) is 2.99. The number of aryl methyl sites for hydroxylation is 1. The zero-order chi connectivity index (χ0) is 19.4. The standard InChI is InChI=1S/C19H16Cl2N4OS/c1-11-3-5-13(6-4-11)17-18(23-12(2)26)27-19(24-17)25-22-10-14-7-8-15(20)9-16(14)21/h3-10H,1-2H3,(H,23,26)(H,24,25)/b22-10+. The number of thiazole rings is 1. The fraction of sp³-hybridized carbons (Fsp3) is 0.105. The summed E-state index contributed by atoms with van der Waals surface area (Å²) in [7, 11) is 0. The van der Waals surface area contributed by atoms with Crippen molar-refractivity contribution in [2.45, 2.75) is 13.8 Å². The molecule has 0 aliphatic carbocycles. The normalized spacial score (nSPS) is 11.0. The van der Waals surface area contributed by atoms with Gasteiger partial charge in [-0.2, -0.15) is 5.10 Å². The second kappa shape index (κ2) is 8.52. The van der Waals surface area contributed by atoms with Gasteiger partial charge in [-0.05, 0) is 19.1 Å². The Hall–Kier alpha value is -2.41. The predicted octanol–water partition coefficient (Wildman–Crippen LogP) is 5.83. The van der Waals surface area contributed by atoms with Crippen LogP contribution in [0.15, 0.2) is 47.6 Å². The summed E-state index contributed by atoms with van der Waals surface area (Å²) in [6, 6.07) is 13.1. The SMILES string of the molecule is CC(=O)Nc1sc(N/N=C/c2ccc(Cl)cc2Cl)nc1-c1ccc(C)cc1. The van der Waals surface area contributed by atoms with E-state index in [1.54, 1.807) is 24.4 Å². The zero-order valence-corrected chi connectivity index (χ0v) is 16.9. The zero-order valence-electron chi connectivity index (χ0n) is 14.6. The Morgan fingerprint density at radius 2 is 1.93 bits per heavy atom. The van der Waals surface area contributed by atoms with Crippen molar-refractivity contribution in [3.05, 3.63) is 63.6 Å². The minimum atomic E-state index is -0.157. The van der Waals surface area contributed by atoms with Crippen LogP contribution in [0.1, 0.15) is 18.1 Å². The maximum Gasteiger partial charge on any atom is 0.221 e. The molecular formula is C19H16Cl2N4OS. The van der Waals surface area contributed by atoms with E-state index < -0.39 is 0 Å². The summed E-state index contributed by atoms with van der Waals surface area (Å²) in [4.78, 5) is 16.1. The number of benzene rings is 2. The Labute approximate surface area is 171 Å². The maximum atomic E-state index is 11.5. The molecule has 1 aromatic heterocycles. The van der Waals surface area contributed by atoms with Crippen LogP contribution in [0.2, 0.25) is 10.0 Å². The molecule has 3 aromatic rings. The summed E-state index contributed by atoms with van der Waals surface area (Å²) in [5, 5.41) is 9.28. The van der Waals surface area contributed by atoms with Crippen LogP contribution in [0.4, 0.5) is 10.1 Å². The van der Waals surface area contributed by atoms with E-state index in [0.717, 1.165) is 16.7 Å². The summed E-state index contributed by atoms with van der Waals surface area (Å²) < 4.78 is 0. The lowest BCUT2D eigenvalue weighted by molar-refractivity contribution is -0.114. The summed E-state index contributed by atoms with van der Waals surface area (Å²) in [6.45, 7) is 3.48. The quantitative estimate of drug-likeness (QED) is 0.404. The molecule has 0 aliphatic heterocycles. The molecule has 1 amide bonds. The molecule has 0 saturated heterocycles. The molecule has 0 spiro atoms. The predicted molar refractivity (Wildman–Crippen MR) is 114 cm³/mol. The Morgan fingerprint density at radius 3 is 2.59 bits per heavy atom. The van der Waals surface area contributed by atoms with Crippen LogP contribution in [0.25, 0.3) is 11.3 Å². The molecule has 0 fully saturated rings. The van der Waals surface area contributed by atoms with Gasteiger partial charge in [0.2, 0.25) is 11.0 Å². The lowest BCUT2D eigenvalue weighted by atomic mass is 10.1. The van der Waals surface area contributed by atoms with E-state index in [1.165, 1.54) is 18.3 Å². The van der Waals surface area contributed by atoms with Crippen molar-refractivity contribution < 1.29 is 4.79 Å². The van der Waals surface area contributed by atoms with E-state index in [0.29, 0.717) is 25.9 Å². The van der Waals surface area contributed by atoms with Crippen molar-refractivity contribution in [1.29, 1.82) is 0 Å². The molecule has 2 N–H and O–H groups in total. The fourth-order valence-corrected chi connectivity index (χ4v) is 3.62. The van der Waals surface area contributed by atoms with Gasteiger partial charge in [-0.25, -0.2) is 4.98 Å². The van der Waals surface area contributed by atoms with Crippen LogP contribution < -0.4 is 10.7 Å². The van der Waals surface area contributed by atoms with Crippen molar-refractivity contribution in [2.24, 2.45) is 5.10 Å². The summed E-state index contributed by atoms with van der Waals surface area (Å²) in [5.74, 6) is -0.157. The number of amides is 1. The molecule has 0 radical (unpaired) electrons. The highest BCUT2D eigenvalue weighted by molar-refractivity contribution is 7.20. The minimum absolute atomic E-state index is 0.157. The van der Waals surface area contributed by atoms with Crippen LogP contribution in [-0.2, 0) is 4.79 Å². The van der Waals surface area contributed by atoms with Crippen LogP contribution in [0.3, 0.4) is 0 Å². The second-order valence-corrected chi connectivity index (χ2v) is 7.62. The van der Waals surface area contributed by atoms with Gasteiger partial charge in [0, 0.05) is 23.1 Å². The smallest absolute Gasteiger partial charge is 0.221 e. The van der Waals surface area contributed by atoms with E-state index in [4.69, 9.17) is 23.2 Å². The number of nitrogens with zero attached hydrogens (tertiary/aromatic N) is 2. The fourth-order valence-electron chi connectivity index (χ4n) is 2.28. The number of halogens is 2. The van der Waals surface area contributed by atoms with Gasteiger partial charge in [-0.3, -0.25) is 10.2 Å². The van der Waals surface area contributed by atoms with Gasteiger partial charge in [0.15, 0.2) is 0 Å². The van der Waals surface area contributed by atoms with Crippen molar-refractivity contribution in [1.82, 2.24) is 4.98 Å². The highest BCUT2D eigenvalue weighted by Crippen LogP contribution is 2.36. The van der Waals surface area contributed by atoms with E-state index >= 15 is 0 Å². The van der Waals surface area contributed by atoms with Gasteiger partial charge in [-0.1, -0.05) is 70.4 Å². The monoisotopic (exact) mass is 418 g/mol. The topological polar surface area (TPSA) is 66.4 Å². The van der Waals surface area contributed by atoms with E-state index in [2.05, 4.69) is 20.8 Å². The van der Waals surface area contributed by atoms with Crippen LogP contribution in [0.5, 0.6) is 0 Å². The Kier molecular flexibility index (Phi) is 6.11. The van der Waals surface area contributed by atoms with Gasteiger partial charge in [0.1, 0.15) is 10.7 Å². The highest BCUT2D eigenvalue weighted by atomic mass is 35.5. The van der Waals surface area contributed by atoms with E-state index in [1.807, 2.05) is 31.2 Å². The maximum absolute atomic E-state index is 11.5. The van der Waals surface area contributed by atoms with Crippen molar-refractivity contribution in [3.63, 3.8) is 0 Å². The molecule has 5 nitrogen and oxygen atoms in total. The highest BCUT2D eigenvalue weighted by Gasteiger charge is 2.14. The first kappa shape index (κ1) is 19.4. The average molecular weight is 419 g/mol. The number of anilines is 2. The van der Waals surface area contributed by atoms with E-state index in [9.17, 15) is 4.79 Å². The molecular weight excluding hydrogens is 403 g/mol. The molecule has 138 valence electrons. The molecule has 2 aromatic carbocycles. The summed E-state index contributed by atoms with van der Waals surface area (Å²) in [5.41, 5.74) is 6.37. The van der Waals surface area contributed by atoms with Gasteiger partial charge in [0.25, 0.3) is 0 Å². The molecule has 8 heteroatoms. The van der Waals surface area contributed by atoms with Crippen LogP contribution >= 0.6 is 34.5 Å². The summed E-state index contributed by atoms with van der Waals surface area (Å²) in [6.07, 6.45) is 1.59. The number of aromatic nitrogens is 1. The number of hydrogen-bond donors (Lipinski definition) is 2. The number of rotatable bonds is 5. The van der Waals surface area contributed by atoms with Crippen molar-refractivity contribution >= 4 is 56.8 Å². The van der Waals surface area contributed by atoms with Crippen LogP contribution in [-0.4, -0.2) is 17.1 Å². The van der Waals surface area contributed by atoms with E-state index in [-0.39, 0.29) is 5.91 Å². The lowest BCUT2D eigenvalue weighted by Crippen LogP contribution is -2.05. The molecule has 0 bridgehead atoms. The number of hydrazone groups is 1. The molecule has 1 heterocycles. The molecule has 0 unspecified atom stereocenters. The van der Waals surface area contributed by atoms with Gasteiger partial charge >= 0.3 is 0 Å². The first-order chi connectivity index (χ1) is 12.9. The van der Waals surface area contributed by atoms with Gasteiger partial charge < -0.3 is 5.32 Å². The number of hydrogen-bond acceptors (Lipinski definition) is 5. The van der Waals surface area contributed by atoms with Gasteiger partial charge in [-0.15, -0.1) is 0 Å². The lowest BCUT2D eigenvalue weighted by Gasteiger charge is -2.02. The number of carbonyl (C=O) groups is 1. The molecule has 3 rings (SSSR count). The molecule has 27 heavy (non-hydrogen) atoms. The third kappa shape index (κ3) is 5.07. The Bertz CT molecular complexity index is 999. The first-order valence-electron chi connectivity index (χ1n) is 8.02. The number of nitrogens with one attached hydrogen (secondary N) is 2. The third-order valence-electron chi connectivity index (χ3n) is 3.57.